The predicted octanol–water partition coefficient (Wildman–Crippen LogP) is 2.17. The minimum Gasteiger partial charge on any atom is -0.368 e. The van der Waals surface area contributed by atoms with Crippen LogP contribution in [0.5, 0.6) is 0 Å². The number of rotatable bonds is 4. The molecule has 0 aliphatic heterocycles. The van der Waals surface area contributed by atoms with E-state index in [4.69, 9.17) is 4.74 Å². The fourth-order valence-electron chi connectivity index (χ4n) is 2.82. The number of nitrogens with one attached hydrogen (secondary N) is 1. The Hall–Kier alpha value is -1.95. The van der Waals surface area contributed by atoms with Gasteiger partial charge in [0, 0.05) is 12.4 Å². The summed E-state index contributed by atoms with van der Waals surface area (Å²) in [5.41, 5.74) is 2.39. The Labute approximate surface area is 123 Å². The zero-order valence-electron chi connectivity index (χ0n) is 12.4. The normalized spacial score (nSPS) is 15.7. The monoisotopic (exact) mass is 288 g/mol. The number of anilines is 1. The smallest absolute Gasteiger partial charge is 0.250 e. The first-order valence-electron chi connectivity index (χ1n) is 7.34. The zero-order chi connectivity index (χ0) is 14.8. The van der Waals surface area contributed by atoms with Gasteiger partial charge < -0.3 is 10.1 Å². The largest absolute Gasteiger partial charge is 0.368 e. The van der Waals surface area contributed by atoms with Crippen molar-refractivity contribution in [2.45, 2.75) is 38.7 Å². The van der Waals surface area contributed by atoms with E-state index < -0.39 is 0 Å². The van der Waals surface area contributed by atoms with Crippen LogP contribution in [-0.4, -0.2) is 33.4 Å². The number of aryl methyl sites for hydroxylation is 2. The maximum absolute atomic E-state index is 11.9. The van der Waals surface area contributed by atoms with Gasteiger partial charge in [-0.3, -0.25) is 9.48 Å². The van der Waals surface area contributed by atoms with Crippen LogP contribution in [0.25, 0.3) is 11.0 Å². The van der Waals surface area contributed by atoms with E-state index in [0.717, 1.165) is 29.6 Å². The lowest BCUT2D eigenvalue weighted by molar-refractivity contribution is -0.122. The number of fused-ring (bicyclic) bond motifs is 1. The van der Waals surface area contributed by atoms with Gasteiger partial charge in [-0.15, -0.1) is 0 Å². The summed E-state index contributed by atoms with van der Waals surface area (Å²) in [5, 5.41) is 8.10. The van der Waals surface area contributed by atoms with Crippen LogP contribution in [0.4, 0.5) is 5.69 Å². The molecule has 0 unspecified atom stereocenters. The van der Waals surface area contributed by atoms with E-state index in [1.807, 2.05) is 20.0 Å². The minimum atomic E-state index is -0.135. The van der Waals surface area contributed by atoms with Gasteiger partial charge in [-0.1, -0.05) is 12.8 Å². The number of nitrogens with zero attached hydrogens (tertiary/aromatic N) is 3. The summed E-state index contributed by atoms with van der Waals surface area (Å²) >= 11 is 0. The van der Waals surface area contributed by atoms with Gasteiger partial charge in [0.25, 0.3) is 0 Å². The second-order valence-electron chi connectivity index (χ2n) is 5.57. The van der Waals surface area contributed by atoms with Crippen LogP contribution in [0.2, 0.25) is 0 Å². The Morgan fingerprint density at radius 3 is 3.00 bits per heavy atom. The fourth-order valence-corrected chi connectivity index (χ4v) is 2.82. The van der Waals surface area contributed by atoms with Gasteiger partial charge in [-0.25, -0.2) is 4.98 Å². The summed E-state index contributed by atoms with van der Waals surface area (Å²) in [5.74, 6) is -0.135. The molecular formula is C15H20N4O2. The summed E-state index contributed by atoms with van der Waals surface area (Å²) in [6.07, 6.45) is 6.43. The van der Waals surface area contributed by atoms with Crippen molar-refractivity contribution in [3.8, 4) is 0 Å². The fraction of sp³-hybridized carbons (Fsp3) is 0.533. The van der Waals surface area contributed by atoms with Crippen molar-refractivity contribution in [2.24, 2.45) is 7.05 Å². The number of carbonyl (C=O) groups is 1. The predicted molar refractivity (Wildman–Crippen MR) is 80.1 cm³/mol. The van der Waals surface area contributed by atoms with Crippen molar-refractivity contribution >= 4 is 22.6 Å². The van der Waals surface area contributed by atoms with Gasteiger partial charge in [0.05, 0.1) is 23.7 Å². The first kappa shape index (κ1) is 14.0. The van der Waals surface area contributed by atoms with Gasteiger partial charge in [-0.05, 0) is 25.8 Å². The molecule has 6 nitrogen and oxygen atoms in total. The summed E-state index contributed by atoms with van der Waals surface area (Å²) < 4.78 is 7.34. The summed E-state index contributed by atoms with van der Waals surface area (Å²) in [6.45, 7) is 2.04. The Kier molecular flexibility index (Phi) is 3.88. The SMILES string of the molecule is Cc1nn(C)c2ncc(NC(=O)COC3CCCC3)cc12. The number of carbonyl (C=O) groups excluding carboxylic acids is 1. The highest BCUT2D eigenvalue weighted by atomic mass is 16.5. The molecule has 2 aromatic rings. The second kappa shape index (κ2) is 5.81. The van der Waals surface area contributed by atoms with Crippen molar-refractivity contribution in [1.29, 1.82) is 0 Å². The number of pyridine rings is 1. The maximum atomic E-state index is 11.9. The molecule has 1 N–H and O–H groups in total. The van der Waals surface area contributed by atoms with Gasteiger partial charge in [0.15, 0.2) is 5.65 Å². The van der Waals surface area contributed by atoms with Gasteiger partial charge in [0.2, 0.25) is 5.91 Å². The molecule has 2 heterocycles. The van der Waals surface area contributed by atoms with Crippen molar-refractivity contribution in [1.82, 2.24) is 14.8 Å². The minimum absolute atomic E-state index is 0.106. The van der Waals surface area contributed by atoms with Crippen LogP contribution >= 0.6 is 0 Å². The Morgan fingerprint density at radius 2 is 2.24 bits per heavy atom. The molecule has 0 bridgehead atoms. The summed E-state index contributed by atoms with van der Waals surface area (Å²) in [6, 6.07) is 1.90. The molecule has 1 amide bonds. The summed E-state index contributed by atoms with van der Waals surface area (Å²) in [7, 11) is 1.86. The number of ether oxygens (including phenoxy) is 1. The average molecular weight is 288 g/mol. The first-order valence-corrected chi connectivity index (χ1v) is 7.34. The Bertz CT molecular complexity index is 659. The molecule has 0 saturated heterocycles. The molecule has 0 aromatic carbocycles. The van der Waals surface area contributed by atoms with Crippen LogP contribution in [0.3, 0.4) is 0 Å². The third-order valence-electron chi connectivity index (χ3n) is 3.90. The van der Waals surface area contributed by atoms with Crippen LogP contribution < -0.4 is 5.32 Å². The molecule has 1 fully saturated rings. The van der Waals surface area contributed by atoms with Crippen molar-refractivity contribution in [2.75, 3.05) is 11.9 Å². The van der Waals surface area contributed by atoms with E-state index in [2.05, 4.69) is 15.4 Å². The first-order chi connectivity index (χ1) is 10.1. The lowest BCUT2D eigenvalue weighted by Gasteiger charge is -2.11. The quantitative estimate of drug-likeness (QED) is 0.936. The molecule has 21 heavy (non-hydrogen) atoms. The Morgan fingerprint density at radius 1 is 1.48 bits per heavy atom. The molecule has 3 rings (SSSR count). The number of amides is 1. The Balaban J connectivity index is 1.63. The van der Waals surface area contributed by atoms with Gasteiger partial charge >= 0.3 is 0 Å². The van der Waals surface area contributed by atoms with E-state index in [1.54, 1.807) is 10.9 Å². The molecule has 0 atom stereocenters. The molecule has 6 heteroatoms. The third kappa shape index (κ3) is 3.05. The second-order valence-corrected chi connectivity index (χ2v) is 5.57. The third-order valence-corrected chi connectivity index (χ3v) is 3.90. The summed E-state index contributed by atoms with van der Waals surface area (Å²) in [4.78, 5) is 16.2. The van der Waals surface area contributed by atoms with Crippen molar-refractivity contribution in [3.05, 3.63) is 18.0 Å². The molecule has 112 valence electrons. The number of hydrogen-bond donors (Lipinski definition) is 1. The van der Waals surface area contributed by atoms with Gasteiger partial charge in [0.1, 0.15) is 6.61 Å². The van der Waals surface area contributed by atoms with E-state index in [0.29, 0.717) is 5.69 Å². The standard InChI is InChI=1S/C15H20N4O2/c1-10-13-7-11(8-16-15(13)19(2)18-10)17-14(20)9-21-12-5-3-4-6-12/h7-8,12H,3-6,9H2,1-2H3,(H,17,20). The highest BCUT2D eigenvalue weighted by Crippen LogP contribution is 2.21. The van der Waals surface area contributed by atoms with Crippen LogP contribution in [0.1, 0.15) is 31.4 Å². The van der Waals surface area contributed by atoms with Crippen LogP contribution in [0, 0.1) is 6.92 Å². The molecule has 1 aliphatic carbocycles. The highest BCUT2D eigenvalue weighted by Gasteiger charge is 2.17. The number of hydrogen-bond acceptors (Lipinski definition) is 4. The maximum Gasteiger partial charge on any atom is 0.250 e. The van der Waals surface area contributed by atoms with Crippen LogP contribution in [-0.2, 0) is 16.6 Å². The lowest BCUT2D eigenvalue weighted by atomic mass is 10.2. The van der Waals surface area contributed by atoms with Crippen molar-refractivity contribution < 1.29 is 9.53 Å². The zero-order valence-corrected chi connectivity index (χ0v) is 12.4. The van der Waals surface area contributed by atoms with E-state index in [9.17, 15) is 4.79 Å². The molecule has 2 aromatic heterocycles. The molecule has 1 saturated carbocycles. The number of aromatic nitrogens is 3. The highest BCUT2D eigenvalue weighted by molar-refractivity contribution is 5.93. The topological polar surface area (TPSA) is 69.0 Å². The molecule has 0 radical (unpaired) electrons. The van der Waals surface area contributed by atoms with Gasteiger partial charge in [-0.2, -0.15) is 5.10 Å². The average Bonchev–Trinajstić information content (AvgIpc) is 3.06. The van der Waals surface area contributed by atoms with E-state index in [1.165, 1.54) is 12.8 Å². The van der Waals surface area contributed by atoms with E-state index in [-0.39, 0.29) is 18.6 Å². The molecular weight excluding hydrogens is 268 g/mol. The van der Waals surface area contributed by atoms with E-state index >= 15 is 0 Å². The lowest BCUT2D eigenvalue weighted by Crippen LogP contribution is -2.21. The molecule has 1 aliphatic rings. The molecule has 0 spiro atoms. The van der Waals surface area contributed by atoms with Crippen LogP contribution in [0.15, 0.2) is 12.3 Å². The van der Waals surface area contributed by atoms with Crippen molar-refractivity contribution in [3.63, 3.8) is 0 Å².